The first-order valence-electron chi connectivity index (χ1n) is 6.83. The molecule has 0 fully saturated rings. The van der Waals surface area contributed by atoms with Gasteiger partial charge < -0.3 is 19.3 Å². The van der Waals surface area contributed by atoms with E-state index in [2.05, 4.69) is 0 Å². The topological polar surface area (TPSA) is 65.0 Å². The fourth-order valence-corrected chi connectivity index (χ4v) is 2.44. The van der Waals surface area contributed by atoms with Crippen molar-refractivity contribution in [2.24, 2.45) is 0 Å². The number of ether oxygens (including phenoxy) is 3. The third-order valence-electron chi connectivity index (χ3n) is 2.72. The van der Waals surface area contributed by atoms with Crippen molar-refractivity contribution >= 4 is 17.7 Å². The van der Waals surface area contributed by atoms with Gasteiger partial charge in [0.15, 0.2) is 6.29 Å². The summed E-state index contributed by atoms with van der Waals surface area (Å²) in [5.41, 5.74) is 1.24. The van der Waals surface area contributed by atoms with Gasteiger partial charge in [-0.2, -0.15) is 0 Å². The van der Waals surface area contributed by atoms with Crippen LogP contribution in [0.15, 0.2) is 23.1 Å². The van der Waals surface area contributed by atoms with Gasteiger partial charge in [0, 0.05) is 18.1 Å². The first-order chi connectivity index (χ1) is 10.1. The van der Waals surface area contributed by atoms with E-state index in [0.717, 1.165) is 10.5 Å². The summed E-state index contributed by atoms with van der Waals surface area (Å²) in [5.74, 6) is -0.917. The monoisotopic (exact) mass is 314 g/mol. The highest BCUT2D eigenvalue weighted by Crippen LogP contribution is 2.22. The molecule has 0 aromatic heterocycles. The van der Waals surface area contributed by atoms with Crippen molar-refractivity contribution in [1.29, 1.82) is 0 Å². The fourth-order valence-electron chi connectivity index (χ4n) is 1.79. The number of carboxylic acids is 1. The van der Waals surface area contributed by atoms with Crippen molar-refractivity contribution in [3.05, 3.63) is 29.3 Å². The van der Waals surface area contributed by atoms with Crippen LogP contribution in [0.3, 0.4) is 0 Å². The van der Waals surface area contributed by atoms with Gasteiger partial charge in [0.1, 0.15) is 0 Å². The number of aromatic carboxylic acids is 1. The van der Waals surface area contributed by atoms with Crippen LogP contribution in [0, 0.1) is 0 Å². The molecule has 118 valence electrons. The van der Waals surface area contributed by atoms with Crippen LogP contribution in [0.5, 0.6) is 0 Å². The maximum atomic E-state index is 11.1. The Bertz CT molecular complexity index is 444. The SMILES string of the molecule is CCOC(COCc1ccc(C(=O)O)c(SC)c1)OCC. The number of rotatable bonds is 10. The molecule has 1 aromatic carbocycles. The number of hydrogen-bond acceptors (Lipinski definition) is 5. The number of carbonyl (C=O) groups is 1. The zero-order valence-corrected chi connectivity index (χ0v) is 13.4. The van der Waals surface area contributed by atoms with Gasteiger partial charge in [-0.1, -0.05) is 6.07 Å². The molecule has 0 aliphatic rings. The molecule has 0 unspecified atom stereocenters. The van der Waals surface area contributed by atoms with E-state index in [-0.39, 0.29) is 6.29 Å². The smallest absolute Gasteiger partial charge is 0.336 e. The van der Waals surface area contributed by atoms with Crippen LogP contribution in [0.2, 0.25) is 0 Å². The van der Waals surface area contributed by atoms with E-state index in [4.69, 9.17) is 19.3 Å². The molecular formula is C15H22O5S. The van der Waals surface area contributed by atoms with Crippen molar-refractivity contribution in [2.75, 3.05) is 26.1 Å². The van der Waals surface area contributed by atoms with E-state index in [9.17, 15) is 4.79 Å². The average molecular weight is 314 g/mol. The first-order valence-corrected chi connectivity index (χ1v) is 8.06. The molecule has 21 heavy (non-hydrogen) atoms. The average Bonchev–Trinajstić information content (AvgIpc) is 2.47. The molecule has 0 amide bonds. The Morgan fingerprint density at radius 1 is 1.29 bits per heavy atom. The second-order valence-electron chi connectivity index (χ2n) is 4.20. The molecule has 0 saturated heterocycles. The number of carboxylic acid groups (broad SMARTS) is 1. The van der Waals surface area contributed by atoms with Gasteiger partial charge in [-0.25, -0.2) is 4.79 Å². The molecule has 0 aliphatic carbocycles. The predicted octanol–water partition coefficient (Wildman–Crippen LogP) is 3.02. The minimum absolute atomic E-state index is 0.313. The van der Waals surface area contributed by atoms with Gasteiger partial charge in [0.25, 0.3) is 0 Å². The molecule has 6 heteroatoms. The van der Waals surface area contributed by atoms with E-state index >= 15 is 0 Å². The Kier molecular flexibility index (Phi) is 8.37. The van der Waals surface area contributed by atoms with E-state index < -0.39 is 5.97 Å². The molecule has 0 radical (unpaired) electrons. The Morgan fingerprint density at radius 3 is 2.48 bits per heavy atom. The largest absolute Gasteiger partial charge is 0.478 e. The van der Waals surface area contributed by atoms with E-state index in [1.54, 1.807) is 12.1 Å². The highest BCUT2D eigenvalue weighted by molar-refractivity contribution is 7.98. The summed E-state index contributed by atoms with van der Waals surface area (Å²) in [6, 6.07) is 5.21. The predicted molar refractivity (Wildman–Crippen MR) is 81.9 cm³/mol. The second kappa shape index (κ2) is 9.78. The lowest BCUT2D eigenvalue weighted by atomic mass is 10.1. The van der Waals surface area contributed by atoms with Gasteiger partial charge in [-0.3, -0.25) is 0 Å². The van der Waals surface area contributed by atoms with Crippen LogP contribution >= 0.6 is 11.8 Å². The van der Waals surface area contributed by atoms with Crippen LogP contribution in [0.4, 0.5) is 0 Å². The van der Waals surface area contributed by atoms with Crippen LogP contribution < -0.4 is 0 Å². The molecule has 0 bridgehead atoms. The Morgan fingerprint density at radius 2 is 1.95 bits per heavy atom. The Balaban J connectivity index is 2.57. The second-order valence-corrected chi connectivity index (χ2v) is 5.04. The summed E-state index contributed by atoms with van der Waals surface area (Å²) < 4.78 is 16.4. The van der Waals surface area contributed by atoms with E-state index in [1.807, 2.05) is 26.2 Å². The maximum Gasteiger partial charge on any atom is 0.336 e. The molecular weight excluding hydrogens is 292 g/mol. The molecule has 1 N–H and O–H groups in total. The van der Waals surface area contributed by atoms with Crippen LogP contribution in [0.25, 0.3) is 0 Å². The standard InChI is InChI=1S/C15H22O5S/c1-4-19-14(20-5-2)10-18-9-11-6-7-12(15(16)17)13(8-11)21-3/h6-8,14H,4-5,9-10H2,1-3H3,(H,16,17). The zero-order chi connectivity index (χ0) is 15.7. The number of hydrogen-bond donors (Lipinski definition) is 1. The third-order valence-corrected chi connectivity index (χ3v) is 3.50. The fraction of sp³-hybridized carbons (Fsp3) is 0.533. The van der Waals surface area contributed by atoms with Crippen molar-refractivity contribution in [3.8, 4) is 0 Å². The molecule has 0 atom stereocenters. The van der Waals surface area contributed by atoms with Crippen molar-refractivity contribution in [2.45, 2.75) is 31.6 Å². The quantitative estimate of drug-likeness (QED) is 0.529. The zero-order valence-electron chi connectivity index (χ0n) is 12.6. The van der Waals surface area contributed by atoms with Crippen molar-refractivity contribution in [1.82, 2.24) is 0 Å². The van der Waals surface area contributed by atoms with Crippen LogP contribution in [0.1, 0.15) is 29.8 Å². The van der Waals surface area contributed by atoms with Crippen LogP contribution in [-0.2, 0) is 20.8 Å². The minimum Gasteiger partial charge on any atom is -0.478 e. The van der Waals surface area contributed by atoms with Gasteiger partial charge >= 0.3 is 5.97 Å². The Labute approximate surface area is 129 Å². The highest BCUT2D eigenvalue weighted by atomic mass is 32.2. The minimum atomic E-state index is -0.917. The lowest BCUT2D eigenvalue weighted by Crippen LogP contribution is -2.23. The number of thioether (sulfide) groups is 1. The maximum absolute atomic E-state index is 11.1. The van der Waals surface area contributed by atoms with E-state index in [0.29, 0.717) is 32.0 Å². The molecule has 1 rings (SSSR count). The lowest BCUT2D eigenvalue weighted by molar-refractivity contribution is -0.169. The molecule has 1 aromatic rings. The molecule has 0 saturated carbocycles. The summed E-state index contributed by atoms with van der Waals surface area (Å²) in [4.78, 5) is 11.8. The Hall–Kier alpha value is -1.08. The van der Waals surface area contributed by atoms with Crippen LogP contribution in [-0.4, -0.2) is 43.4 Å². The third kappa shape index (κ3) is 6.05. The normalized spacial score (nSPS) is 11.0. The molecule has 0 heterocycles. The highest BCUT2D eigenvalue weighted by Gasteiger charge is 2.11. The molecule has 5 nitrogen and oxygen atoms in total. The van der Waals surface area contributed by atoms with Gasteiger partial charge in [-0.05, 0) is 37.8 Å². The van der Waals surface area contributed by atoms with Gasteiger partial charge in [0.05, 0.1) is 18.8 Å². The first kappa shape index (κ1) is 18.0. The van der Waals surface area contributed by atoms with Crippen molar-refractivity contribution in [3.63, 3.8) is 0 Å². The van der Waals surface area contributed by atoms with E-state index in [1.165, 1.54) is 11.8 Å². The molecule has 0 aliphatic heterocycles. The summed E-state index contributed by atoms with van der Waals surface area (Å²) in [5, 5.41) is 9.08. The molecule has 0 spiro atoms. The summed E-state index contributed by atoms with van der Waals surface area (Å²) in [6.07, 6.45) is 1.49. The van der Waals surface area contributed by atoms with Gasteiger partial charge in [-0.15, -0.1) is 11.8 Å². The lowest BCUT2D eigenvalue weighted by Gasteiger charge is -2.17. The summed E-state index contributed by atoms with van der Waals surface area (Å²) in [6.45, 7) is 5.68. The number of benzene rings is 1. The summed E-state index contributed by atoms with van der Waals surface area (Å²) >= 11 is 1.41. The van der Waals surface area contributed by atoms with Gasteiger partial charge in [0.2, 0.25) is 0 Å². The van der Waals surface area contributed by atoms with Crippen molar-refractivity contribution < 1.29 is 24.1 Å². The summed E-state index contributed by atoms with van der Waals surface area (Å²) in [7, 11) is 0.